The van der Waals surface area contributed by atoms with Crippen LogP contribution in [-0.4, -0.2) is 20.6 Å². The number of carbonyl (C=O) groups is 1. The quantitative estimate of drug-likeness (QED) is 0.622. The number of hydrogen-bond acceptors (Lipinski definition) is 5. The highest BCUT2D eigenvalue weighted by molar-refractivity contribution is 5.70. The molecule has 1 unspecified atom stereocenters. The zero-order valence-electron chi connectivity index (χ0n) is 13.2. The predicted molar refractivity (Wildman–Crippen MR) is 86.5 cm³/mol. The van der Waals surface area contributed by atoms with Crippen molar-refractivity contribution in [2.45, 2.75) is 38.2 Å². The number of ether oxygens (including phenoxy) is 1. The van der Waals surface area contributed by atoms with Crippen LogP contribution in [0.15, 0.2) is 43.0 Å². The summed E-state index contributed by atoms with van der Waals surface area (Å²) >= 11 is 0. The number of para-hydroxylation sites is 1. The molecule has 1 saturated carbocycles. The molecular weight excluding hydrogens is 310 g/mol. The number of nitro benzene ring substituents is 1. The second-order valence-corrected chi connectivity index (χ2v) is 5.99. The molecule has 1 fully saturated rings. The molecule has 0 aliphatic heterocycles. The highest BCUT2D eigenvalue weighted by Crippen LogP contribution is 2.40. The zero-order chi connectivity index (χ0) is 16.9. The van der Waals surface area contributed by atoms with E-state index >= 15 is 0 Å². The van der Waals surface area contributed by atoms with Gasteiger partial charge in [0, 0.05) is 24.4 Å². The number of benzene rings is 1. The Morgan fingerprint density at radius 1 is 1.29 bits per heavy atom. The number of aromatic nitrogens is 2. The van der Waals surface area contributed by atoms with Crippen LogP contribution in [0, 0.1) is 16.0 Å². The summed E-state index contributed by atoms with van der Waals surface area (Å²) in [5.74, 6) is 0.0901. The van der Waals surface area contributed by atoms with Gasteiger partial charge in [0.05, 0.1) is 10.5 Å². The van der Waals surface area contributed by atoms with Gasteiger partial charge < -0.3 is 4.74 Å². The predicted octanol–water partition coefficient (Wildman–Crippen LogP) is 4.10. The molecule has 0 saturated heterocycles. The van der Waals surface area contributed by atoms with Crippen molar-refractivity contribution in [3.63, 3.8) is 0 Å². The third-order valence-corrected chi connectivity index (χ3v) is 4.46. The van der Waals surface area contributed by atoms with Crippen molar-refractivity contribution >= 4 is 11.8 Å². The van der Waals surface area contributed by atoms with Gasteiger partial charge in [-0.3, -0.25) is 10.1 Å². The summed E-state index contributed by atoms with van der Waals surface area (Å²) in [5, 5.41) is 11.4. The number of hydrogen-bond donors (Lipinski definition) is 0. The van der Waals surface area contributed by atoms with Crippen molar-refractivity contribution in [2.75, 3.05) is 0 Å². The molecule has 0 spiro atoms. The number of nitrogens with zero attached hydrogens (tertiary/aromatic N) is 3. The molecule has 1 aromatic carbocycles. The van der Waals surface area contributed by atoms with Crippen molar-refractivity contribution in [3.05, 3.63) is 58.7 Å². The molecule has 1 aliphatic rings. The van der Waals surface area contributed by atoms with Crippen LogP contribution in [0.4, 0.5) is 10.5 Å². The van der Waals surface area contributed by atoms with Gasteiger partial charge in [-0.15, -0.1) is 0 Å². The van der Waals surface area contributed by atoms with E-state index in [1.807, 2.05) is 0 Å². The monoisotopic (exact) mass is 329 g/mol. The maximum atomic E-state index is 12.3. The Bertz CT molecular complexity index is 708. The topological polar surface area (TPSA) is 87.3 Å². The first-order valence-electron chi connectivity index (χ1n) is 8.09. The largest absolute Gasteiger partial charge is 0.440 e. The van der Waals surface area contributed by atoms with Crippen molar-refractivity contribution < 1.29 is 14.5 Å². The fourth-order valence-electron chi connectivity index (χ4n) is 3.28. The Morgan fingerprint density at radius 2 is 2.04 bits per heavy atom. The Balaban J connectivity index is 1.93. The van der Waals surface area contributed by atoms with Crippen molar-refractivity contribution in [1.82, 2.24) is 9.55 Å². The molecule has 7 heteroatoms. The average Bonchev–Trinajstić information content (AvgIpc) is 3.15. The Labute approximate surface area is 139 Å². The van der Waals surface area contributed by atoms with E-state index in [2.05, 4.69) is 4.98 Å². The summed E-state index contributed by atoms with van der Waals surface area (Å²) in [6.07, 6.45) is 8.19. The van der Waals surface area contributed by atoms with E-state index in [1.54, 1.807) is 18.2 Å². The molecule has 0 amide bonds. The minimum absolute atomic E-state index is 0.00787. The first kappa shape index (κ1) is 16.2. The van der Waals surface area contributed by atoms with E-state index in [9.17, 15) is 14.9 Å². The van der Waals surface area contributed by atoms with Crippen LogP contribution in [0.25, 0.3) is 0 Å². The molecule has 3 rings (SSSR count). The average molecular weight is 329 g/mol. The standard InChI is InChI=1S/C17H19N3O4/c21-17(19-11-10-18-12-19)24-16(13-6-2-1-3-7-13)14-8-4-5-9-15(14)20(22)23/h4-5,8-13,16H,1-3,6-7H2. The molecule has 7 nitrogen and oxygen atoms in total. The molecule has 2 aromatic rings. The summed E-state index contributed by atoms with van der Waals surface area (Å²) in [6, 6.07) is 6.50. The lowest BCUT2D eigenvalue weighted by Gasteiger charge is -2.30. The lowest BCUT2D eigenvalue weighted by Crippen LogP contribution is -2.24. The molecule has 1 atom stereocenters. The maximum Gasteiger partial charge on any atom is 0.419 e. The van der Waals surface area contributed by atoms with Gasteiger partial charge in [-0.2, -0.15) is 0 Å². The second-order valence-electron chi connectivity index (χ2n) is 5.99. The zero-order valence-corrected chi connectivity index (χ0v) is 13.2. The molecule has 0 bridgehead atoms. The molecule has 1 aromatic heterocycles. The second kappa shape index (κ2) is 7.25. The molecule has 24 heavy (non-hydrogen) atoms. The highest BCUT2D eigenvalue weighted by atomic mass is 16.6. The van der Waals surface area contributed by atoms with Crippen LogP contribution in [0.5, 0.6) is 0 Å². The van der Waals surface area contributed by atoms with E-state index < -0.39 is 17.1 Å². The lowest BCUT2D eigenvalue weighted by atomic mass is 9.82. The van der Waals surface area contributed by atoms with Crippen molar-refractivity contribution in [2.24, 2.45) is 5.92 Å². The van der Waals surface area contributed by atoms with Crippen LogP contribution in [-0.2, 0) is 4.74 Å². The van der Waals surface area contributed by atoms with Gasteiger partial charge in [0.1, 0.15) is 12.4 Å². The fourth-order valence-corrected chi connectivity index (χ4v) is 3.28. The van der Waals surface area contributed by atoms with Crippen LogP contribution in [0.2, 0.25) is 0 Å². The minimum Gasteiger partial charge on any atom is -0.440 e. The maximum absolute atomic E-state index is 12.3. The third kappa shape index (κ3) is 3.45. The van der Waals surface area contributed by atoms with Gasteiger partial charge >= 0.3 is 6.09 Å². The van der Waals surface area contributed by atoms with Gasteiger partial charge in [0.2, 0.25) is 0 Å². The van der Waals surface area contributed by atoms with Gasteiger partial charge in [-0.25, -0.2) is 14.3 Å². The van der Waals surface area contributed by atoms with Gasteiger partial charge in [-0.05, 0) is 18.9 Å². The summed E-state index contributed by atoms with van der Waals surface area (Å²) in [7, 11) is 0. The Kier molecular flexibility index (Phi) is 4.88. The van der Waals surface area contributed by atoms with Crippen LogP contribution in [0.1, 0.15) is 43.8 Å². The molecule has 1 aliphatic carbocycles. The summed E-state index contributed by atoms with van der Waals surface area (Å²) in [5.41, 5.74) is 0.453. The number of imidazole rings is 1. The molecule has 0 radical (unpaired) electrons. The van der Waals surface area contributed by atoms with Crippen LogP contribution in [0.3, 0.4) is 0 Å². The van der Waals surface area contributed by atoms with Crippen LogP contribution >= 0.6 is 0 Å². The smallest absolute Gasteiger partial charge is 0.419 e. The van der Waals surface area contributed by atoms with Gasteiger partial charge in [0.15, 0.2) is 0 Å². The minimum atomic E-state index is -0.623. The van der Waals surface area contributed by atoms with Gasteiger partial charge in [0.25, 0.3) is 5.69 Å². The third-order valence-electron chi connectivity index (χ3n) is 4.46. The first-order chi connectivity index (χ1) is 11.7. The van der Waals surface area contributed by atoms with Crippen molar-refractivity contribution in [1.29, 1.82) is 0 Å². The number of carbonyl (C=O) groups excluding carboxylic acids is 1. The molecule has 1 heterocycles. The van der Waals surface area contributed by atoms with E-state index in [1.165, 1.54) is 29.4 Å². The molecule has 0 N–H and O–H groups in total. The molecular formula is C17H19N3O4. The Hall–Kier alpha value is -2.70. The summed E-state index contributed by atoms with van der Waals surface area (Å²) < 4.78 is 6.93. The first-order valence-corrected chi connectivity index (χ1v) is 8.09. The normalized spacial score (nSPS) is 16.5. The van der Waals surface area contributed by atoms with Gasteiger partial charge in [-0.1, -0.05) is 31.4 Å². The highest BCUT2D eigenvalue weighted by Gasteiger charge is 2.33. The Morgan fingerprint density at radius 3 is 2.71 bits per heavy atom. The van der Waals surface area contributed by atoms with E-state index in [0.717, 1.165) is 32.1 Å². The van der Waals surface area contributed by atoms with Crippen LogP contribution < -0.4 is 0 Å². The van der Waals surface area contributed by atoms with E-state index in [-0.39, 0.29) is 11.6 Å². The molecule has 126 valence electrons. The lowest BCUT2D eigenvalue weighted by molar-refractivity contribution is -0.386. The summed E-state index contributed by atoms with van der Waals surface area (Å²) in [4.78, 5) is 27.1. The number of nitro groups is 1. The van der Waals surface area contributed by atoms with E-state index in [0.29, 0.717) is 5.56 Å². The number of rotatable bonds is 4. The fraction of sp³-hybridized carbons (Fsp3) is 0.412. The van der Waals surface area contributed by atoms with Crippen molar-refractivity contribution in [3.8, 4) is 0 Å². The van der Waals surface area contributed by atoms with E-state index in [4.69, 9.17) is 4.74 Å². The SMILES string of the molecule is O=C(OC(c1ccccc1[N+](=O)[O-])C1CCCCC1)n1ccnc1. The summed E-state index contributed by atoms with van der Waals surface area (Å²) in [6.45, 7) is 0.